The highest BCUT2D eigenvalue weighted by molar-refractivity contribution is 5.31. The number of aliphatic hydroxyl groups excluding tert-OH is 1. The molecule has 0 aliphatic heterocycles. The largest absolute Gasteiger partial charge is 0.389 e. The van der Waals surface area contributed by atoms with Crippen molar-refractivity contribution in [1.29, 1.82) is 0 Å². The highest BCUT2D eigenvalue weighted by atomic mass is 16.3. The Balaban J connectivity index is 3.80. The molecule has 0 saturated carbocycles. The molecule has 1 atom stereocenters. The van der Waals surface area contributed by atoms with E-state index in [2.05, 4.69) is 37.2 Å². The highest BCUT2D eigenvalue weighted by Crippen LogP contribution is 2.02. The van der Waals surface area contributed by atoms with Crippen LogP contribution in [0.15, 0.2) is 37.0 Å². The lowest BCUT2D eigenvalue weighted by Gasteiger charge is -2.01. The van der Waals surface area contributed by atoms with E-state index < -0.39 is 0 Å². The van der Waals surface area contributed by atoms with Gasteiger partial charge in [-0.3, -0.25) is 0 Å². The van der Waals surface area contributed by atoms with Crippen LogP contribution in [0.2, 0.25) is 0 Å². The topological polar surface area (TPSA) is 20.2 Å². The van der Waals surface area contributed by atoms with Crippen molar-refractivity contribution >= 4 is 0 Å². The fourth-order valence-electron chi connectivity index (χ4n) is 1.17. The number of hydrogen-bond acceptors (Lipinski definition) is 1. The smallest absolute Gasteiger partial charge is 0.0724 e. The van der Waals surface area contributed by atoms with Crippen LogP contribution in [0.4, 0.5) is 0 Å². The summed E-state index contributed by atoms with van der Waals surface area (Å²) >= 11 is 0. The summed E-state index contributed by atoms with van der Waals surface area (Å²) in [4.78, 5) is 0. The van der Waals surface area contributed by atoms with Gasteiger partial charge < -0.3 is 5.11 Å². The van der Waals surface area contributed by atoms with Crippen LogP contribution >= 0.6 is 0 Å². The second kappa shape index (κ2) is 13.4. The van der Waals surface area contributed by atoms with E-state index in [1.807, 2.05) is 18.2 Å². The zero-order valence-electron chi connectivity index (χ0n) is 11.2. The Kier molecular flexibility index (Phi) is 12.1. The first-order valence-electron chi connectivity index (χ1n) is 6.42. The van der Waals surface area contributed by atoms with Gasteiger partial charge in [-0.25, -0.2) is 0 Å². The van der Waals surface area contributed by atoms with Crippen LogP contribution in [0.1, 0.15) is 39.0 Å². The van der Waals surface area contributed by atoms with Gasteiger partial charge >= 0.3 is 0 Å². The third kappa shape index (κ3) is 12.4. The maximum Gasteiger partial charge on any atom is 0.0724 e. The van der Waals surface area contributed by atoms with Crippen LogP contribution in [0.25, 0.3) is 0 Å². The number of allylic oxidation sites excluding steroid dienone is 4. The number of hydrogen-bond donors (Lipinski definition) is 1. The van der Waals surface area contributed by atoms with Crippen molar-refractivity contribution in [3.05, 3.63) is 37.0 Å². The molecule has 0 spiro atoms. The molecule has 1 heteroatoms. The van der Waals surface area contributed by atoms with E-state index in [0.29, 0.717) is 0 Å². The Labute approximate surface area is 111 Å². The summed E-state index contributed by atoms with van der Waals surface area (Å²) in [5, 5.41) is 9.56. The lowest BCUT2D eigenvalue weighted by Crippen LogP contribution is -2.00. The first kappa shape index (κ1) is 16.3. The molecule has 0 aliphatic carbocycles. The van der Waals surface area contributed by atoms with Crippen LogP contribution in [0, 0.1) is 23.7 Å². The minimum atomic E-state index is -0.382. The van der Waals surface area contributed by atoms with Crippen molar-refractivity contribution in [3.8, 4) is 23.7 Å². The average Bonchev–Trinajstić information content (AvgIpc) is 2.37. The maximum atomic E-state index is 9.56. The first-order valence-corrected chi connectivity index (χ1v) is 6.42. The van der Waals surface area contributed by atoms with Gasteiger partial charge in [0.15, 0.2) is 0 Å². The van der Waals surface area contributed by atoms with Crippen molar-refractivity contribution in [1.82, 2.24) is 0 Å². The highest BCUT2D eigenvalue weighted by Gasteiger charge is 1.95. The Morgan fingerprint density at radius 2 is 2.11 bits per heavy atom. The molecule has 0 aliphatic rings. The molecule has 1 N–H and O–H groups in total. The quantitative estimate of drug-likeness (QED) is 0.313. The van der Waals surface area contributed by atoms with Crippen molar-refractivity contribution in [2.24, 2.45) is 0 Å². The zero-order valence-corrected chi connectivity index (χ0v) is 11.2. The third-order valence-electron chi connectivity index (χ3n) is 2.13. The molecule has 0 unspecified atom stereocenters. The molecule has 0 aromatic heterocycles. The van der Waals surface area contributed by atoms with Crippen LogP contribution in [0.3, 0.4) is 0 Å². The molecule has 0 saturated heterocycles. The normalized spacial score (nSPS) is 11.7. The minimum Gasteiger partial charge on any atom is -0.389 e. The molecule has 18 heavy (non-hydrogen) atoms. The fraction of sp³-hybridized carbons (Fsp3) is 0.412. The van der Waals surface area contributed by atoms with E-state index in [1.54, 1.807) is 12.2 Å². The van der Waals surface area contributed by atoms with Gasteiger partial charge in [0.2, 0.25) is 0 Å². The van der Waals surface area contributed by atoms with Gasteiger partial charge in [-0.1, -0.05) is 43.1 Å². The third-order valence-corrected chi connectivity index (χ3v) is 2.13. The van der Waals surface area contributed by atoms with E-state index >= 15 is 0 Å². The number of aliphatic hydroxyl groups is 1. The van der Waals surface area contributed by atoms with Crippen LogP contribution < -0.4 is 0 Å². The molecule has 0 amide bonds. The van der Waals surface area contributed by atoms with Gasteiger partial charge in [-0.05, 0) is 43.6 Å². The fourth-order valence-corrected chi connectivity index (χ4v) is 1.17. The van der Waals surface area contributed by atoms with Crippen LogP contribution in [-0.4, -0.2) is 11.2 Å². The second-order valence-corrected chi connectivity index (χ2v) is 3.85. The molecule has 0 aromatic rings. The Hall–Kier alpha value is -1.70. The molecule has 0 aromatic carbocycles. The summed E-state index contributed by atoms with van der Waals surface area (Å²) in [6.45, 7) is 5.73. The van der Waals surface area contributed by atoms with Gasteiger partial charge in [0.1, 0.15) is 0 Å². The number of unbranched alkanes of at least 4 members (excludes halogenated alkanes) is 2. The average molecular weight is 242 g/mol. The van der Waals surface area contributed by atoms with Crippen molar-refractivity contribution in [3.63, 3.8) is 0 Å². The van der Waals surface area contributed by atoms with E-state index in [9.17, 15) is 5.11 Å². The summed E-state index contributed by atoms with van der Waals surface area (Å²) in [6.07, 6.45) is 13.2. The molecule has 0 rings (SSSR count). The van der Waals surface area contributed by atoms with Gasteiger partial charge in [0.05, 0.1) is 6.10 Å². The first-order chi connectivity index (χ1) is 8.81. The van der Waals surface area contributed by atoms with Crippen molar-refractivity contribution in [2.75, 3.05) is 0 Å². The van der Waals surface area contributed by atoms with E-state index in [1.165, 1.54) is 0 Å². The molecule has 1 nitrogen and oxygen atoms in total. The van der Waals surface area contributed by atoms with Gasteiger partial charge in [-0.2, -0.15) is 0 Å². The van der Waals surface area contributed by atoms with Crippen molar-refractivity contribution in [2.45, 2.75) is 45.1 Å². The van der Waals surface area contributed by atoms with Gasteiger partial charge in [0.25, 0.3) is 0 Å². The SMILES string of the molecule is C=CCCC[C@@H](O)/C=C/C=C/C#CC#CCCC. The Bertz CT molecular complexity index is 379. The lowest BCUT2D eigenvalue weighted by molar-refractivity contribution is 0.210. The van der Waals surface area contributed by atoms with Crippen LogP contribution in [0.5, 0.6) is 0 Å². The number of rotatable bonds is 7. The second-order valence-electron chi connectivity index (χ2n) is 3.85. The summed E-state index contributed by atoms with van der Waals surface area (Å²) in [6, 6.07) is 0. The lowest BCUT2D eigenvalue weighted by atomic mass is 10.1. The predicted octanol–water partition coefficient (Wildman–Crippen LogP) is 3.62. The summed E-state index contributed by atoms with van der Waals surface area (Å²) < 4.78 is 0. The van der Waals surface area contributed by atoms with Gasteiger partial charge in [0, 0.05) is 6.42 Å². The Morgan fingerprint density at radius 3 is 2.83 bits per heavy atom. The molecule has 0 radical (unpaired) electrons. The van der Waals surface area contributed by atoms with Gasteiger partial charge in [-0.15, -0.1) is 6.58 Å². The van der Waals surface area contributed by atoms with Crippen LogP contribution in [-0.2, 0) is 0 Å². The summed E-state index contributed by atoms with van der Waals surface area (Å²) in [7, 11) is 0. The Morgan fingerprint density at radius 1 is 1.28 bits per heavy atom. The molecule has 0 fully saturated rings. The molecule has 0 heterocycles. The molecule has 96 valence electrons. The summed E-state index contributed by atoms with van der Waals surface area (Å²) in [5.41, 5.74) is 0. The standard InChI is InChI=1S/C17H22O/c1-3-5-7-8-9-10-11-12-14-16-17(18)15-13-6-4-2/h4,11-12,14,16-18H,2-3,5-6,13,15H2,1H3/b12-11+,16-14+/t17-/m1/s1. The maximum absolute atomic E-state index is 9.56. The molecule has 0 bridgehead atoms. The van der Waals surface area contributed by atoms with E-state index in [0.717, 1.165) is 32.1 Å². The molecular formula is C17H22O. The zero-order chi connectivity index (χ0) is 13.5. The van der Waals surface area contributed by atoms with E-state index in [-0.39, 0.29) is 6.10 Å². The molecular weight excluding hydrogens is 220 g/mol. The van der Waals surface area contributed by atoms with E-state index in [4.69, 9.17) is 0 Å². The predicted molar refractivity (Wildman–Crippen MR) is 78.8 cm³/mol. The minimum absolute atomic E-state index is 0.382. The monoisotopic (exact) mass is 242 g/mol. The summed E-state index contributed by atoms with van der Waals surface area (Å²) in [5.74, 6) is 11.3. The van der Waals surface area contributed by atoms with Crippen molar-refractivity contribution < 1.29 is 5.11 Å².